The smallest absolute Gasteiger partial charge is 0.160 e. The summed E-state index contributed by atoms with van der Waals surface area (Å²) in [7, 11) is 0. The summed E-state index contributed by atoms with van der Waals surface area (Å²) in [6.07, 6.45) is 4.19. The van der Waals surface area contributed by atoms with Crippen molar-refractivity contribution in [2.75, 3.05) is 6.61 Å². The van der Waals surface area contributed by atoms with Crippen molar-refractivity contribution in [3.8, 4) is 17.0 Å². The monoisotopic (exact) mass is 281 g/mol. The van der Waals surface area contributed by atoms with Crippen molar-refractivity contribution in [1.29, 1.82) is 0 Å². The molecule has 0 amide bonds. The number of aromatic amines is 1. The van der Waals surface area contributed by atoms with Crippen molar-refractivity contribution in [2.24, 2.45) is 0 Å². The fourth-order valence-corrected chi connectivity index (χ4v) is 2.85. The Hall–Kier alpha value is -2.40. The number of aromatic nitrogens is 3. The van der Waals surface area contributed by atoms with E-state index in [1.165, 1.54) is 0 Å². The third kappa shape index (κ3) is 2.06. The Morgan fingerprint density at radius 1 is 1.24 bits per heavy atom. The van der Waals surface area contributed by atoms with Crippen LogP contribution in [0.15, 0.2) is 36.5 Å². The Labute approximate surface area is 121 Å². The average Bonchev–Trinajstić information content (AvgIpc) is 3.16. The molecule has 0 aliphatic carbocycles. The molecule has 5 nitrogen and oxygen atoms in total. The van der Waals surface area contributed by atoms with E-state index in [1.807, 2.05) is 24.4 Å². The Bertz CT molecular complexity index is 791. The molecule has 1 aromatic carbocycles. The number of ether oxygens (including phenoxy) is 1. The molecular formula is C16H15N3O2. The van der Waals surface area contributed by atoms with Crippen molar-refractivity contribution < 1.29 is 9.84 Å². The zero-order valence-corrected chi connectivity index (χ0v) is 11.4. The van der Waals surface area contributed by atoms with E-state index in [-0.39, 0.29) is 11.9 Å². The number of nitrogens with zero attached hydrogens (tertiary/aromatic N) is 2. The van der Waals surface area contributed by atoms with Gasteiger partial charge in [-0.3, -0.25) is 0 Å². The van der Waals surface area contributed by atoms with Gasteiger partial charge in [0.15, 0.2) is 5.65 Å². The van der Waals surface area contributed by atoms with Crippen LogP contribution in [-0.4, -0.2) is 26.9 Å². The number of aromatic hydroxyl groups is 1. The molecule has 1 atom stereocenters. The first-order valence-corrected chi connectivity index (χ1v) is 7.07. The topological polar surface area (TPSA) is 71.0 Å². The normalized spacial score (nSPS) is 18.4. The summed E-state index contributed by atoms with van der Waals surface area (Å²) < 4.78 is 5.76. The molecule has 0 radical (unpaired) electrons. The number of H-pyrrole nitrogens is 1. The molecule has 4 rings (SSSR count). The van der Waals surface area contributed by atoms with Gasteiger partial charge in [0, 0.05) is 29.3 Å². The first kappa shape index (κ1) is 12.3. The van der Waals surface area contributed by atoms with Crippen molar-refractivity contribution >= 4 is 11.0 Å². The maximum atomic E-state index is 9.97. The number of phenolic OH excluding ortho intramolecular Hbond substituents is 1. The molecule has 2 aromatic heterocycles. The molecule has 3 heterocycles. The molecule has 0 saturated carbocycles. The zero-order valence-electron chi connectivity index (χ0n) is 11.4. The van der Waals surface area contributed by atoms with Gasteiger partial charge in [-0.1, -0.05) is 12.1 Å². The van der Waals surface area contributed by atoms with Gasteiger partial charge in [-0.15, -0.1) is 10.2 Å². The number of phenols is 1. The second-order valence-electron chi connectivity index (χ2n) is 5.25. The predicted octanol–water partition coefficient (Wildman–Crippen LogP) is 3.18. The molecule has 1 unspecified atom stereocenters. The molecule has 0 spiro atoms. The van der Waals surface area contributed by atoms with Crippen molar-refractivity contribution in [3.05, 3.63) is 42.1 Å². The van der Waals surface area contributed by atoms with E-state index in [2.05, 4.69) is 15.2 Å². The average molecular weight is 281 g/mol. The summed E-state index contributed by atoms with van der Waals surface area (Å²) in [6.45, 7) is 0.808. The molecule has 1 aliphatic heterocycles. The molecule has 3 aromatic rings. The highest BCUT2D eigenvalue weighted by atomic mass is 16.5. The van der Waals surface area contributed by atoms with Gasteiger partial charge in [0.2, 0.25) is 0 Å². The van der Waals surface area contributed by atoms with Crippen LogP contribution in [0.1, 0.15) is 24.5 Å². The molecule has 5 heteroatoms. The minimum Gasteiger partial charge on any atom is -0.507 e. The minimum atomic E-state index is 0.125. The van der Waals surface area contributed by atoms with E-state index >= 15 is 0 Å². The fourth-order valence-electron chi connectivity index (χ4n) is 2.85. The van der Waals surface area contributed by atoms with E-state index in [4.69, 9.17) is 4.74 Å². The van der Waals surface area contributed by atoms with Gasteiger partial charge in [-0.05, 0) is 31.0 Å². The van der Waals surface area contributed by atoms with Gasteiger partial charge in [-0.25, -0.2) is 0 Å². The van der Waals surface area contributed by atoms with Crippen LogP contribution in [0.4, 0.5) is 0 Å². The van der Waals surface area contributed by atoms with Crippen molar-refractivity contribution in [3.63, 3.8) is 0 Å². The van der Waals surface area contributed by atoms with Crippen LogP contribution in [0, 0.1) is 0 Å². The lowest BCUT2D eigenvalue weighted by atomic mass is 10.0. The summed E-state index contributed by atoms with van der Waals surface area (Å²) in [5.41, 5.74) is 3.22. The van der Waals surface area contributed by atoms with E-state index in [0.717, 1.165) is 36.0 Å². The molecule has 1 saturated heterocycles. The molecule has 1 fully saturated rings. The number of fused-ring (bicyclic) bond motifs is 1. The summed E-state index contributed by atoms with van der Waals surface area (Å²) >= 11 is 0. The minimum absolute atomic E-state index is 0.125. The number of hydrogen-bond acceptors (Lipinski definition) is 4. The molecule has 1 aliphatic rings. The van der Waals surface area contributed by atoms with Crippen molar-refractivity contribution in [2.45, 2.75) is 18.9 Å². The van der Waals surface area contributed by atoms with E-state index in [9.17, 15) is 5.11 Å². The molecule has 21 heavy (non-hydrogen) atoms. The second-order valence-corrected chi connectivity index (χ2v) is 5.25. The van der Waals surface area contributed by atoms with Gasteiger partial charge in [0.05, 0.1) is 11.8 Å². The van der Waals surface area contributed by atoms with E-state index in [1.54, 1.807) is 12.1 Å². The Morgan fingerprint density at radius 3 is 2.95 bits per heavy atom. The van der Waals surface area contributed by atoms with Crippen LogP contribution in [-0.2, 0) is 4.74 Å². The van der Waals surface area contributed by atoms with Crippen LogP contribution in [0.5, 0.6) is 5.75 Å². The highest BCUT2D eigenvalue weighted by Crippen LogP contribution is 2.35. The number of benzene rings is 1. The Balaban J connectivity index is 1.85. The number of rotatable bonds is 2. The van der Waals surface area contributed by atoms with Gasteiger partial charge in [-0.2, -0.15) is 0 Å². The largest absolute Gasteiger partial charge is 0.507 e. The van der Waals surface area contributed by atoms with Crippen LogP contribution in [0.2, 0.25) is 0 Å². The SMILES string of the molecule is Oc1ccccc1-c1cc2c(C3CCCO3)c[nH]c2nn1. The molecule has 106 valence electrons. The first-order valence-electron chi connectivity index (χ1n) is 7.07. The van der Waals surface area contributed by atoms with Gasteiger partial charge in [0.25, 0.3) is 0 Å². The Morgan fingerprint density at radius 2 is 2.14 bits per heavy atom. The summed E-state index contributed by atoms with van der Waals surface area (Å²) in [5.74, 6) is 0.209. The first-order chi connectivity index (χ1) is 10.3. The number of para-hydroxylation sites is 1. The highest BCUT2D eigenvalue weighted by molar-refractivity contribution is 5.84. The summed E-state index contributed by atoms with van der Waals surface area (Å²) in [5, 5.41) is 19.4. The predicted molar refractivity (Wildman–Crippen MR) is 78.9 cm³/mol. The van der Waals surface area contributed by atoms with Gasteiger partial charge < -0.3 is 14.8 Å². The highest BCUT2D eigenvalue weighted by Gasteiger charge is 2.22. The fraction of sp³-hybridized carbons (Fsp3) is 0.250. The lowest BCUT2D eigenvalue weighted by Crippen LogP contribution is -1.95. The number of nitrogens with one attached hydrogen (secondary N) is 1. The second kappa shape index (κ2) is 4.86. The van der Waals surface area contributed by atoms with Crippen LogP contribution >= 0.6 is 0 Å². The van der Waals surface area contributed by atoms with E-state index < -0.39 is 0 Å². The molecule has 0 bridgehead atoms. The van der Waals surface area contributed by atoms with Crippen molar-refractivity contribution in [1.82, 2.24) is 15.2 Å². The maximum absolute atomic E-state index is 9.97. The third-order valence-electron chi connectivity index (χ3n) is 3.93. The van der Waals surface area contributed by atoms with Crippen LogP contribution < -0.4 is 0 Å². The Kier molecular flexibility index (Phi) is 2.86. The molecule has 2 N–H and O–H groups in total. The lowest BCUT2D eigenvalue weighted by Gasteiger charge is -2.08. The van der Waals surface area contributed by atoms with E-state index in [0.29, 0.717) is 11.3 Å². The maximum Gasteiger partial charge on any atom is 0.160 e. The summed E-state index contributed by atoms with van der Waals surface area (Å²) in [6, 6.07) is 9.12. The standard InChI is InChI=1S/C16H15N3O2/c20-14-5-2-1-4-10(14)13-8-11-12(15-6-3-7-21-15)9-17-16(11)19-18-13/h1-2,4-5,8-9,15,20H,3,6-7H2,(H,17,19). The summed E-state index contributed by atoms with van der Waals surface area (Å²) in [4.78, 5) is 3.14. The lowest BCUT2D eigenvalue weighted by molar-refractivity contribution is 0.113. The van der Waals surface area contributed by atoms with Crippen LogP contribution in [0.25, 0.3) is 22.3 Å². The van der Waals surface area contributed by atoms with Gasteiger partial charge in [0.1, 0.15) is 5.75 Å². The van der Waals surface area contributed by atoms with Crippen LogP contribution in [0.3, 0.4) is 0 Å². The quantitative estimate of drug-likeness (QED) is 0.756. The van der Waals surface area contributed by atoms with Gasteiger partial charge >= 0.3 is 0 Å². The zero-order chi connectivity index (χ0) is 14.2. The third-order valence-corrected chi connectivity index (χ3v) is 3.93. The number of hydrogen-bond donors (Lipinski definition) is 2. The molecular weight excluding hydrogens is 266 g/mol.